The van der Waals surface area contributed by atoms with Crippen molar-refractivity contribution in [1.29, 1.82) is 0 Å². The van der Waals surface area contributed by atoms with Gasteiger partial charge in [-0.05, 0) is 49.6 Å². The largest absolute Gasteiger partial charge is 0.393 e. The van der Waals surface area contributed by atoms with Crippen LogP contribution in [0.3, 0.4) is 0 Å². The molecule has 0 fully saturated rings. The second-order valence-corrected chi connectivity index (χ2v) is 5.60. The van der Waals surface area contributed by atoms with Crippen LogP contribution in [0.2, 0.25) is 0 Å². The minimum Gasteiger partial charge on any atom is -0.393 e. The van der Waals surface area contributed by atoms with Gasteiger partial charge in [0.25, 0.3) is 5.69 Å². The zero-order valence-corrected chi connectivity index (χ0v) is 13.3. The first-order valence-electron chi connectivity index (χ1n) is 7.21. The maximum Gasteiger partial charge on any atom is 0.292 e. The molecule has 1 unspecified atom stereocenters. The second kappa shape index (κ2) is 6.48. The molecule has 0 saturated heterocycles. The Balaban J connectivity index is 2.24. The fraction of sp³-hybridized carbons (Fsp3) is 0.235. The highest BCUT2D eigenvalue weighted by Gasteiger charge is 2.20. The molecule has 0 bridgehead atoms. The smallest absolute Gasteiger partial charge is 0.292 e. The van der Waals surface area contributed by atoms with Gasteiger partial charge in [0, 0.05) is 11.8 Å². The Morgan fingerprint density at radius 3 is 2.57 bits per heavy atom. The molecule has 2 aromatic rings. The van der Waals surface area contributed by atoms with Crippen LogP contribution < -0.4 is 11.1 Å². The number of carbonyl (C=O) groups excluding carboxylic acids is 1. The third-order valence-electron chi connectivity index (χ3n) is 3.80. The third-order valence-corrected chi connectivity index (χ3v) is 3.80. The zero-order chi connectivity index (χ0) is 17.1. The van der Waals surface area contributed by atoms with Crippen molar-refractivity contribution >= 4 is 23.0 Å². The lowest BCUT2D eigenvalue weighted by molar-refractivity contribution is -0.384. The monoisotopic (exact) mass is 313 g/mol. The Bertz CT molecular complexity index is 772. The Labute approximate surface area is 134 Å². The molecular weight excluding hydrogens is 294 g/mol. The van der Waals surface area contributed by atoms with Crippen LogP contribution >= 0.6 is 0 Å². The highest BCUT2D eigenvalue weighted by molar-refractivity contribution is 5.96. The normalized spacial score (nSPS) is 11.8. The van der Waals surface area contributed by atoms with Crippen molar-refractivity contribution in [2.75, 3.05) is 11.1 Å². The van der Waals surface area contributed by atoms with E-state index in [2.05, 4.69) is 5.32 Å². The van der Waals surface area contributed by atoms with E-state index in [1.165, 1.54) is 12.1 Å². The molecule has 23 heavy (non-hydrogen) atoms. The fourth-order valence-corrected chi connectivity index (χ4v) is 2.25. The quantitative estimate of drug-likeness (QED) is 0.512. The number of nitrogen functional groups attached to an aromatic ring is 1. The number of nitrogens with zero attached hydrogens (tertiary/aromatic N) is 1. The van der Waals surface area contributed by atoms with Crippen LogP contribution in [0, 0.1) is 24.0 Å². The predicted molar refractivity (Wildman–Crippen MR) is 90.5 cm³/mol. The molecule has 0 heterocycles. The number of aryl methyl sites for hydroxylation is 2. The topological polar surface area (TPSA) is 98.3 Å². The van der Waals surface area contributed by atoms with Gasteiger partial charge >= 0.3 is 0 Å². The van der Waals surface area contributed by atoms with Crippen molar-refractivity contribution in [3.8, 4) is 0 Å². The molecule has 0 spiro atoms. The molecule has 6 nitrogen and oxygen atoms in total. The SMILES string of the molecule is Cc1ccc(C)c(NC(=O)C(C)c2ccc(N)c([N+](=O)[O-])c2)c1. The summed E-state index contributed by atoms with van der Waals surface area (Å²) >= 11 is 0. The minimum atomic E-state index is -0.547. The summed E-state index contributed by atoms with van der Waals surface area (Å²) in [6, 6.07) is 10.2. The van der Waals surface area contributed by atoms with Crippen molar-refractivity contribution in [2.45, 2.75) is 26.7 Å². The number of nitrogens with one attached hydrogen (secondary N) is 1. The van der Waals surface area contributed by atoms with Gasteiger partial charge in [-0.3, -0.25) is 14.9 Å². The number of nitro benzene ring substituents is 1. The van der Waals surface area contributed by atoms with Gasteiger partial charge in [-0.2, -0.15) is 0 Å². The predicted octanol–water partition coefficient (Wildman–Crippen LogP) is 3.54. The summed E-state index contributed by atoms with van der Waals surface area (Å²) in [5.74, 6) is -0.757. The van der Waals surface area contributed by atoms with Gasteiger partial charge in [0.1, 0.15) is 5.69 Å². The first-order chi connectivity index (χ1) is 10.8. The molecule has 0 radical (unpaired) electrons. The number of nitrogens with two attached hydrogens (primary N) is 1. The molecule has 3 N–H and O–H groups in total. The zero-order valence-electron chi connectivity index (χ0n) is 13.3. The molecule has 1 amide bonds. The summed E-state index contributed by atoms with van der Waals surface area (Å²) < 4.78 is 0. The molecule has 6 heteroatoms. The first-order valence-corrected chi connectivity index (χ1v) is 7.21. The van der Waals surface area contributed by atoms with Crippen molar-refractivity contribution in [3.63, 3.8) is 0 Å². The third kappa shape index (κ3) is 3.66. The lowest BCUT2D eigenvalue weighted by Gasteiger charge is -2.15. The van der Waals surface area contributed by atoms with Crippen LogP contribution in [0.1, 0.15) is 29.5 Å². The summed E-state index contributed by atoms with van der Waals surface area (Å²) in [5, 5.41) is 13.8. The van der Waals surface area contributed by atoms with Crippen LogP contribution in [-0.2, 0) is 4.79 Å². The molecule has 2 rings (SSSR count). The van der Waals surface area contributed by atoms with E-state index >= 15 is 0 Å². The number of rotatable bonds is 4. The van der Waals surface area contributed by atoms with E-state index in [1.54, 1.807) is 13.0 Å². The second-order valence-electron chi connectivity index (χ2n) is 5.60. The number of hydrogen-bond acceptors (Lipinski definition) is 4. The van der Waals surface area contributed by atoms with Crippen molar-refractivity contribution in [1.82, 2.24) is 0 Å². The van der Waals surface area contributed by atoms with Gasteiger partial charge < -0.3 is 11.1 Å². The van der Waals surface area contributed by atoms with Gasteiger partial charge in [-0.25, -0.2) is 0 Å². The van der Waals surface area contributed by atoms with Crippen molar-refractivity contribution in [3.05, 3.63) is 63.2 Å². The lowest BCUT2D eigenvalue weighted by Crippen LogP contribution is -2.19. The molecule has 0 aromatic heterocycles. The van der Waals surface area contributed by atoms with Gasteiger partial charge in [0.05, 0.1) is 10.8 Å². The minimum absolute atomic E-state index is 0.0842. The number of hydrogen-bond donors (Lipinski definition) is 2. The van der Waals surface area contributed by atoms with Crippen LogP contribution in [0.25, 0.3) is 0 Å². The summed E-state index contributed by atoms with van der Waals surface area (Å²) in [7, 11) is 0. The van der Waals surface area contributed by atoms with E-state index in [1.807, 2.05) is 32.0 Å². The summed E-state index contributed by atoms with van der Waals surface area (Å²) in [6.07, 6.45) is 0. The van der Waals surface area contributed by atoms with Crippen molar-refractivity contribution in [2.24, 2.45) is 0 Å². The van der Waals surface area contributed by atoms with Gasteiger partial charge in [-0.15, -0.1) is 0 Å². The van der Waals surface area contributed by atoms with Crippen LogP contribution in [0.5, 0.6) is 0 Å². The van der Waals surface area contributed by atoms with E-state index in [-0.39, 0.29) is 17.3 Å². The van der Waals surface area contributed by atoms with Gasteiger partial charge in [-0.1, -0.05) is 18.2 Å². The van der Waals surface area contributed by atoms with E-state index in [4.69, 9.17) is 5.73 Å². The Kier molecular flexibility index (Phi) is 4.64. The molecule has 0 saturated carbocycles. The highest BCUT2D eigenvalue weighted by atomic mass is 16.6. The molecule has 0 aliphatic carbocycles. The Morgan fingerprint density at radius 2 is 1.91 bits per heavy atom. The van der Waals surface area contributed by atoms with Crippen LogP contribution in [0.15, 0.2) is 36.4 Å². The number of benzene rings is 2. The average molecular weight is 313 g/mol. The summed E-state index contributed by atoms with van der Waals surface area (Å²) in [6.45, 7) is 5.56. The molecule has 1 atom stereocenters. The summed E-state index contributed by atoms with van der Waals surface area (Å²) in [5.41, 5.74) is 8.78. The Morgan fingerprint density at radius 1 is 1.22 bits per heavy atom. The maximum absolute atomic E-state index is 12.4. The molecular formula is C17H19N3O3. The molecule has 2 aromatic carbocycles. The van der Waals surface area contributed by atoms with Crippen LogP contribution in [0.4, 0.5) is 17.1 Å². The highest BCUT2D eigenvalue weighted by Crippen LogP contribution is 2.27. The standard InChI is InChI=1S/C17H19N3O3/c1-10-4-5-11(2)15(8-10)19-17(21)12(3)13-6-7-14(18)16(9-13)20(22)23/h4-9,12H,18H2,1-3H3,(H,19,21). The lowest BCUT2D eigenvalue weighted by atomic mass is 9.98. The molecule has 0 aliphatic heterocycles. The number of carbonyl (C=O) groups is 1. The van der Waals surface area contributed by atoms with Crippen LogP contribution in [-0.4, -0.2) is 10.8 Å². The first kappa shape index (κ1) is 16.5. The van der Waals surface area contributed by atoms with E-state index in [9.17, 15) is 14.9 Å². The number of amides is 1. The molecule has 0 aliphatic rings. The van der Waals surface area contributed by atoms with E-state index < -0.39 is 10.8 Å². The van der Waals surface area contributed by atoms with Gasteiger partial charge in [0.15, 0.2) is 0 Å². The van der Waals surface area contributed by atoms with E-state index in [0.29, 0.717) is 5.56 Å². The van der Waals surface area contributed by atoms with Crippen molar-refractivity contribution < 1.29 is 9.72 Å². The fourth-order valence-electron chi connectivity index (χ4n) is 2.25. The average Bonchev–Trinajstić information content (AvgIpc) is 2.50. The Hall–Kier alpha value is -2.89. The van der Waals surface area contributed by atoms with Gasteiger partial charge in [0.2, 0.25) is 5.91 Å². The maximum atomic E-state index is 12.4. The van der Waals surface area contributed by atoms with E-state index in [0.717, 1.165) is 16.8 Å². The number of anilines is 2. The number of nitro groups is 1. The summed E-state index contributed by atoms with van der Waals surface area (Å²) in [4.78, 5) is 22.8. The molecule has 120 valence electrons.